The molecule has 0 heterocycles. The van der Waals surface area contributed by atoms with Crippen molar-refractivity contribution in [2.24, 2.45) is 5.41 Å². The van der Waals surface area contributed by atoms with Gasteiger partial charge in [-0.15, -0.1) is 0 Å². The minimum Gasteiger partial charge on any atom is -0.277 e. The molecule has 0 spiro atoms. The van der Waals surface area contributed by atoms with Gasteiger partial charge in [0.15, 0.2) is 0 Å². The Labute approximate surface area is 107 Å². The fraction of sp³-hybridized carbons (Fsp3) is 0.833. The van der Waals surface area contributed by atoms with E-state index < -0.39 is 0 Å². The molecule has 2 amide bonds. The minimum absolute atomic E-state index is 0.176. The third-order valence-corrected chi connectivity index (χ3v) is 3.42. The normalized spacial score (nSPS) is 18.1. The summed E-state index contributed by atoms with van der Waals surface area (Å²) in [6, 6.07) is 0. The lowest BCUT2D eigenvalue weighted by atomic mass is 9.69. The molecule has 6 nitrogen and oxygen atoms in total. The molecule has 2 N–H and O–H groups in total. The van der Waals surface area contributed by atoms with Crippen LogP contribution in [0.2, 0.25) is 0 Å². The van der Waals surface area contributed by atoms with Crippen LogP contribution in [-0.2, 0) is 19.3 Å². The zero-order valence-corrected chi connectivity index (χ0v) is 11.1. The number of amides is 2. The molecule has 104 valence electrons. The van der Waals surface area contributed by atoms with Crippen molar-refractivity contribution >= 4 is 11.8 Å². The summed E-state index contributed by atoms with van der Waals surface area (Å²) in [6.07, 6.45) is 5.69. The van der Waals surface area contributed by atoms with Gasteiger partial charge in [-0.05, 0) is 18.3 Å². The van der Waals surface area contributed by atoms with Crippen LogP contribution in [0, 0.1) is 5.41 Å². The van der Waals surface area contributed by atoms with Crippen LogP contribution < -0.4 is 11.0 Å². The summed E-state index contributed by atoms with van der Waals surface area (Å²) >= 11 is 0. The first-order valence-electron chi connectivity index (χ1n) is 6.25. The number of nitrogens with one attached hydrogen (secondary N) is 2. The molecular weight excluding hydrogens is 236 g/mol. The Hall–Kier alpha value is -1.14. The zero-order chi connectivity index (χ0) is 13.4. The molecule has 0 bridgehead atoms. The molecule has 18 heavy (non-hydrogen) atoms. The van der Waals surface area contributed by atoms with E-state index >= 15 is 0 Å². The average molecular weight is 258 g/mol. The van der Waals surface area contributed by atoms with Gasteiger partial charge in [0.2, 0.25) is 11.8 Å². The van der Waals surface area contributed by atoms with Crippen LogP contribution >= 0.6 is 0 Å². The van der Waals surface area contributed by atoms with E-state index in [9.17, 15) is 9.59 Å². The van der Waals surface area contributed by atoms with Crippen molar-refractivity contribution in [2.45, 2.75) is 44.9 Å². The van der Waals surface area contributed by atoms with Gasteiger partial charge >= 0.3 is 0 Å². The summed E-state index contributed by atoms with van der Waals surface area (Å²) in [6.45, 7) is 0. The molecule has 0 atom stereocenters. The van der Waals surface area contributed by atoms with Crippen LogP contribution in [0.5, 0.6) is 0 Å². The largest absolute Gasteiger partial charge is 0.277 e. The van der Waals surface area contributed by atoms with Gasteiger partial charge in [-0.25, -0.2) is 11.0 Å². The Morgan fingerprint density at radius 2 is 1.39 bits per heavy atom. The van der Waals surface area contributed by atoms with E-state index in [0.717, 1.165) is 25.7 Å². The number of hydrogen-bond donors (Lipinski definition) is 2. The SMILES string of the molecule is CONC(=O)CC1(CC(=O)NOC)CCCCC1. The maximum Gasteiger partial charge on any atom is 0.244 e. The van der Waals surface area contributed by atoms with E-state index in [0.29, 0.717) is 12.8 Å². The molecule has 0 aromatic heterocycles. The minimum atomic E-state index is -0.260. The lowest BCUT2D eigenvalue weighted by Crippen LogP contribution is -2.37. The fourth-order valence-electron chi connectivity index (χ4n) is 2.70. The van der Waals surface area contributed by atoms with Crippen molar-refractivity contribution in [3.8, 4) is 0 Å². The van der Waals surface area contributed by atoms with Crippen LogP contribution in [0.3, 0.4) is 0 Å². The quantitative estimate of drug-likeness (QED) is 0.699. The van der Waals surface area contributed by atoms with E-state index in [1.54, 1.807) is 0 Å². The van der Waals surface area contributed by atoms with E-state index in [2.05, 4.69) is 20.6 Å². The summed E-state index contributed by atoms with van der Waals surface area (Å²) < 4.78 is 0. The highest BCUT2D eigenvalue weighted by molar-refractivity contribution is 5.79. The third-order valence-electron chi connectivity index (χ3n) is 3.42. The van der Waals surface area contributed by atoms with Gasteiger partial charge in [0.25, 0.3) is 0 Å². The first-order valence-corrected chi connectivity index (χ1v) is 6.25. The number of hydroxylamine groups is 2. The van der Waals surface area contributed by atoms with Crippen LogP contribution in [0.4, 0.5) is 0 Å². The van der Waals surface area contributed by atoms with Crippen molar-refractivity contribution in [3.63, 3.8) is 0 Å². The highest BCUT2D eigenvalue weighted by Crippen LogP contribution is 2.42. The van der Waals surface area contributed by atoms with Crippen molar-refractivity contribution < 1.29 is 19.3 Å². The fourth-order valence-corrected chi connectivity index (χ4v) is 2.70. The van der Waals surface area contributed by atoms with E-state index in [1.807, 2.05) is 0 Å². The summed E-state index contributed by atoms with van der Waals surface area (Å²) in [4.78, 5) is 32.5. The Balaban J connectivity index is 2.62. The molecule has 0 aromatic carbocycles. The van der Waals surface area contributed by atoms with Crippen LogP contribution in [0.15, 0.2) is 0 Å². The van der Waals surface area contributed by atoms with E-state index in [4.69, 9.17) is 0 Å². The van der Waals surface area contributed by atoms with Crippen molar-refractivity contribution in [3.05, 3.63) is 0 Å². The van der Waals surface area contributed by atoms with Crippen LogP contribution in [-0.4, -0.2) is 26.0 Å². The van der Waals surface area contributed by atoms with Crippen molar-refractivity contribution in [2.75, 3.05) is 14.2 Å². The van der Waals surface area contributed by atoms with E-state index in [-0.39, 0.29) is 17.2 Å². The first kappa shape index (κ1) is 14.9. The van der Waals surface area contributed by atoms with Crippen molar-refractivity contribution in [1.82, 2.24) is 11.0 Å². The van der Waals surface area contributed by atoms with Crippen LogP contribution in [0.25, 0.3) is 0 Å². The molecule has 0 saturated heterocycles. The molecule has 1 fully saturated rings. The third kappa shape index (κ3) is 4.62. The standard InChI is InChI=1S/C12H22N2O4/c1-17-13-10(15)8-12(6-4-3-5-7-12)9-11(16)14-18-2/h3-9H2,1-2H3,(H,13,15)(H,14,16). The number of rotatable bonds is 6. The predicted octanol–water partition coefficient (Wildman–Crippen LogP) is 1.07. The Morgan fingerprint density at radius 1 is 0.944 bits per heavy atom. The van der Waals surface area contributed by atoms with Gasteiger partial charge in [0, 0.05) is 12.8 Å². The molecule has 1 aliphatic rings. The average Bonchev–Trinajstić information content (AvgIpc) is 2.30. The number of carbonyl (C=O) groups excluding carboxylic acids is 2. The lowest BCUT2D eigenvalue weighted by molar-refractivity contribution is -0.138. The highest BCUT2D eigenvalue weighted by Gasteiger charge is 2.36. The Kier molecular flexibility index (Phi) is 6.07. The Morgan fingerprint density at radius 3 is 1.78 bits per heavy atom. The zero-order valence-electron chi connectivity index (χ0n) is 11.1. The van der Waals surface area contributed by atoms with Crippen LogP contribution in [0.1, 0.15) is 44.9 Å². The second-order valence-corrected chi connectivity index (χ2v) is 4.87. The molecule has 6 heteroatoms. The molecule has 0 aliphatic heterocycles. The maximum absolute atomic E-state index is 11.7. The number of carbonyl (C=O) groups is 2. The van der Waals surface area contributed by atoms with Gasteiger partial charge in [0.05, 0.1) is 14.2 Å². The smallest absolute Gasteiger partial charge is 0.244 e. The van der Waals surface area contributed by atoms with Gasteiger partial charge in [-0.3, -0.25) is 19.3 Å². The molecule has 0 unspecified atom stereocenters. The number of hydrogen-bond acceptors (Lipinski definition) is 4. The summed E-state index contributed by atoms with van der Waals surface area (Å²) in [5.41, 5.74) is 4.38. The first-order chi connectivity index (χ1) is 8.62. The molecule has 1 aliphatic carbocycles. The highest BCUT2D eigenvalue weighted by atomic mass is 16.6. The van der Waals surface area contributed by atoms with E-state index in [1.165, 1.54) is 20.6 Å². The lowest BCUT2D eigenvalue weighted by Gasteiger charge is -2.36. The molecule has 0 radical (unpaired) electrons. The molecule has 1 rings (SSSR count). The maximum atomic E-state index is 11.7. The predicted molar refractivity (Wildman–Crippen MR) is 65.1 cm³/mol. The second kappa shape index (κ2) is 7.33. The van der Waals surface area contributed by atoms with Gasteiger partial charge in [0.1, 0.15) is 0 Å². The topological polar surface area (TPSA) is 76.7 Å². The summed E-state index contributed by atoms with van der Waals surface area (Å²) in [5.74, 6) is -0.353. The Bertz CT molecular complexity index is 266. The molecular formula is C12H22N2O4. The molecule has 0 aromatic rings. The van der Waals surface area contributed by atoms with Gasteiger partial charge < -0.3 is 0 Å². The van der Waals surface area contributed by atoms with Gasteiger partial charge in [-0.1, -0.05) is 19.3 Å². The van der Waals surface area contributed by atoms with Gasteiger partial charge in [-0.2, -0.15) is 0 Å². The summed E-state index contributed by atoms with van der Waals surface area (Å²) in [5, 5.41) is 0. The summed E-state index contributed by atoms with van der Waals surface area (Å²) in [7, 11) is 2.81. The second-order valence-electron chi connectivity index (χ2n) is 4.87. The molecule has 1 saturated carbocycles. The monoisotopic (exact) mass is 258 g/mol. The van der Waals surface area contributed by atoms with Crippen molar-refractivity contribution in [1.29, 1.82) is 0 Å².